The number of carbonyl (C=O) groups is 1. The molecule has 0 aromatic heterocycles. The molecule has 1 rings (SSSR count). The van der Waals surface area contributed by atoms with Crippen LogP contribution in [-0.2, 0) is 4.79 Å². The number of nitrogens with one attached hydrogen (secondary N) is 1. The Hall–Kier alpha value is -0.780. The van der Waals surface area contributed by atoms with E-state index in [2.05, 4.69) is 5.32 Å². The van der Waals surface area contributed by atoms with Crippen molar-refractivity contribution in [1.82, 2.24) is 10.2 Å². The summed E-state index contributed by atoms with van der Waals surface area (Å²) in [5.41, 5.74) is 0. The van der Waals surface area contributed by atoms with E-state index in [1.54, 1.807) is 0 Å². The van der Waals surface area contributed by atoms with Gasteiger partial charge in [0.2, 0.25) is 5.91 Å². The van der Waals surface area contributed by atoms with E-state index in [1.165, 1.54) is 0 Å². The van der Waals surface area contributed by atoms with Crippen LogP contribution in [0.4, 0.5) is 13.2 Å². The average Bonchev–Trinajstić information content (AvgIpc) is 2.48. The molecule has 82 valence electrons. The Balaban J connectivity index is 2.55. The van der Waals surface area contributed by atoms with Crippen LogP contribution in [0.15, 0.2) is 0 Å². The molecule has 1 N–H and O–H groups in total. The summed E-state index contributed by atoms with van der Waals surface area (Å²) in [7, 11) is 0. The van der Waals surface area contributed by atoms with Crippen LogP contribution < -0.4 is 5.32 Å². The zero-order chi connectivity index (χ0) is 10.8. The van der Waals surface area contributed by atoms with Gasteiger partial charge in [-0.3, -0.25) is 9.69 Å². The predicted molar refractivity (Wildman–Crippen MR) is 44.5 cm³/mol. The topological polar surface area (TPSA) is 32.3 Å². The Morgan fingerprint density at radius 2 is 2.21 bits per heavy atom. The van der Waals surface area contributed by atoms with Crippen molar-refractivity contribution in [2.75, 3.05) is 13.1 Å². The highest BCUT2D eigenvalue weighted by atomic mass is 19.4. The fourth-order valence-electron chi connectivity index (χ4n) is 1.54. The molecular weight excluding hydrogens is 197 g/mol. The van der Waals surface area contributed by atoms with Crippen LogP contribution in [0.1, 0.15) is 19.8 Å². The molecule has 1 heterocycles. The number of alkyl halides is 3. The lowest BCUT2D eigenvalue weighted by molar-refractivity contribution is -0.240. The van der Waals surface area contributed by atoms with Crippen LogP contribution in [0.2, 0.25) is 0 Å². The van der Waals surface area contributed by atoms with E-state index in [9.17, 15) is 18.0 Å². The first-order valence-electron chi connectivity index (χ1n) is 4.49. The number of hydrogen-bond acceptors (Lipinski definition) is 2. The molecule has 3 nitrogen and oxygen atoms in total. The first-order valence-corrected chi connectivity index (χ1v) is 4.49. The summed E-state index contributed by atoms with van der Waals surface area (Å²) < 4.78 is 36.9. The molecule has 0 bridgehead atoms. The molecule has 0 aromatic carbocycles. The highest BCUT2D eigenvalue weighted by Crippen LogP contribution is 2.22. The third-order valence-corrected chi connectivity index (χ3v) is 2.25. The van der Waals surface area contributed by atoms with Crippen LogP contribution >= 0.6 is 0 Å². The maximum absolute atomic E-state index is 12.3. The highest BCUT2D eigenvalue weighted by Gasteiger charge is 2.40. The summed E-state index contributed by atoms with van der Waals surface area (Å²) in [4.78, 5) is 10.7. The Bertz CT molecular complexity index is 211. The fraction of sp³-hybridized carbons (Fsp3) is 0.875. The lowest BCUT2D eigenvalue weighted by Gasteiger charge is -2.26. The van der Waals surface area contributed by atoms with Crippen molar-refractivity contribution in [3.05, 3.63) is 0 Å². The second-order valence-corrected chi connectivity index (χ2v) is 3.39. The molecule has 1 atom stereocenters. The summed E-state index contributed by atoms with van der Waals surface area (Å²) in [5, 5.41) is 2.92. The van der Waals surface area contributed by atoms with E-state index in [1.807, 2.05) is 0 Å². The van der Waals surface area contributed by atoms with Crippen LogP contribution in [0.25, 0.3) is 0 Å². The van der Waals surface area contributed by atoms with Gasteiger partial charge in [0.25, 0.3) is 0 Å². The average molecular weight is 210 g/mol. The number of nitrogens with zero attached hydrogens (tertiary/aromatic N) is 1. The van der Waals surface area contributed by atoms with Crippen molar-refractivity contribution in [3.8, 4) is 0 Å². The number of carbonyl (C=O) groups excluding carboxylic acids is 1. The van der Waals surface area contributed by atoms with Gasteiger partial charge in [-0.1, -0.05) is 0 Å². The second-order valence-electron chi connectivity index (χ2n) is 3.39. The molecule has 6 heteroatoms. The lowest BCUT2D eigenvalue weighted by atomic mass is 10.2. The van der Waals surface area contributed by atoms with E-state index < -0.39 is 12.2 Å². The van der Waals surface area contributed by atoms with Gasteiger partial charge >= 0.3 is 6.30 Å². The van der Waals surface area contributed by atoms with Gasteiger partial charge in [-0.15, -0.1) is 13.2 Å². The van der Waals surface area contributed by atoms with E-state index in [0.29, 0.717) is 6.42 Å². The summed E-state index contributed by atoms with van der Waals surface area (Å²) >= 11 is 0. The number of rotatable bonds is 2. The first-order chi connectivity index (χ1) is 6.41. The second kappa shape index (κ2) is 4.16. The summed E-state index contributed by atoms with van der Waals surface area (Å²) in [5.74, 6) is -0.953. The van der Waals surface area contributed by atoms with Crippen molar-refractivity contribution in [1.29, 1.82) is 0 Å². The molecule has 14 heavy (non-hydrogen) atoms. The van der Waals surface area contributed by atoms with Crippen molar-refractivity contribution in [3.63, 3.8) is 0 Å². The van der Waals surface area contributed by atoms with Crippen LogP contribution in [-0.4, -0.2) is 36.2 Å². The standard InChI is InChI=1S/C8H13F3N2O/c1-6(14)13(8(9,10)11)5-7-3-2-4-12-7/h7,12H,2-5H2,1H3/t7-/m0/s1. The van der Waals surface area contributed by atoms with Gasteiger partial charge in [0.1, 0.15) is 0 Å². The Labute approximate surface area is 80.3 Å². The van der Waals surface area contributed by atoms with Crippen molar-refractivity contribution < 1.29 is 18.0 Å². The van der Waals surface area contributed by atoms with Crippen LogP contribution in [0.3, 0.4) is 0 Å². The summed E-state index contributed by atoms with van der Waals surface area (Å²) in [6, 6.07) is -0.222. The molecule has 0 aromatic rings. The van der Waals surface area contributed by atoms with E-state index in [0.717, 1.165) is 19.9 Å². The summed E-state index contributed by atoms with van der Waals surface area (Å²) in [6.45, 7) is 1.38. The van der Waals surface area contributed by atoms with Crippen molar-refractivity contribution in [2.24, 2.45) is 0 Å². The molecule has 1 aliphatic rings. The first kappa shape index (κ1) is 11.3. The number of halogens is 3. The minimum absolute atomic E-state index is 0.0456. The highest BCUT2D eigenvalue weighted by molar-refractivity contribution is 5.73. The molecule has 1 aliphatic heterocycles. The third-order valence-electron chi connectivity index (χ3n) is 2.25. The smallest absolute Gasteiger partial charge is 0.312 e. The maximum atomic E-state index is 12.3. The minimum atomic E-state index is -4.56. The monoisotopic (exact) mass is 210 g/mol. The van der Waals surface area contributed by atoms with E-state index >= 15 is 0 Å². The quantitative estimate of drug-likeness (QED) is 0.692. The molecule has 1 fully saturated rings. The normalized spacial score (nSPS) is 22.4. The molecule has 0 spiro atoms. The van der Waals surface area contributed by atoms with E-state index in [4.69, 9.17) is 0 Å². The Kier molecular flexibility index (Phi) is 3.36. The maximum Gasteiger partial charge on any atom is 0.487 e. The molecular formula is C8H13F3N2O. The van der Waals surface area contributed by atoms with Crippen molar-refractivity contribution >= 4 is 5.91 Å². The van der Waals surface area contributed by atoms with Gasteiger partial charge in [0.05, 0.1) is 0 Å². The molecule has 0 saturated carbocycles. The van der Waals surface area contributed by atoms with Crippen LogP contribution in [0.5, 0.6) is 0 Å². The molecule has 0 radical (unpaired) electrons. The zero-order valence-electron chi connectivity index (χ0n) is 7.90. The lowest BCUT2D eigenvalue weighted by Crippen LogP contribution is -2.47. The van der Waals surface area contributed by atoms with Gasteiger partial charge in [-0.25, -0.2) is 0 Å². The third kappa shape index (κ3) is 2.87. The van der Waals surface area contributed by atoms with Gasteiger partial charge < -0.3 is 5.32 Å². The van der Waals surface area contributed by atoms with Gasteiger partial charge in [0, 0.05) is 19.5 Å². The number of amides is 1. The number of hydrogen-bond donors (Lipinski definition) is 1. The molecule has 1 saturated heterocycles. The largest absolute Gasteiger partial charge is 0.487 e. The fourth-order valence-corrected chi connectivity index (χ4v) is 1.54. The Morgan fingerprint density at radius 1 is 1.57 bits per heavy atom. The van der Waals surface area contributed by atoms with Gasteiger partial charge in [0.15, 0.2) is 0 Å². The molecule has 0 unspecified atom stereocenters. The Morgan fingerprint density at radius 3 is 2.57 bits per heavy atom. The zero-order valence-corrected chi connectivity index (χ0v) is 7.90. The minimum Gasteiger partial charge on any atom is -0.312 e. The SMILES string of the molecule is CC(=O)N(C[C@@H]1CCCN1)C(F)(F)F. The summed E-state index contributed by atoms with van der Waals surface area (Å²) in [6.07, 6.45) is -3.00. The van der Waals surface area contributed by atoms with E-state index in [-0.39, 0.29) is 17.5 Å². The van der Waals surface area contributed by atoms with Gasteiger partial charge in [-0.2, -0.15) is 0 Å². The molecule has 1 amide bonds. The predicted octanol–water partition coefficient (Wildman–Crippen LogP) is 1.11. The van der Waals surface area contributed by atoms with Crippen molar-refractivity contribution in [2.45, 2.75) is 32.1 Å². The molecule has 0 aliphatic carbocycles. The van der Waals surface area contributed by atoms with Crippen LogP contribution in [0, 0.1) is 0 Å². The van der Waals surface area contributed by atoms with Gasteiger partial charge in [-0.05, 0) is 19.4 Å².